The second-order valence-corrected chi connectivity index (χ2v) is 12.1. The van der Waals surface area contributed by atoms with Gasteiger partial charge in [0, 0.05) is 25.0 Å². The van der Waals surface area contributed by atoms with Gasteiger partial charge in [-0.2, -0.15) is 0 Å². The van der Waals surface area contributed by atoms with E-state index in [2.05, 4.69) is 5.32 Å². The van der Waals surface area contributed by atoms with Crippen molar-refractivity contribution in [2.75, 3.05) is 17.9 Å². The molecule has 0 saturated carbocycles. The van der Waals surface area contributed by atoms with E-state index in [0.29, 0.717) is 22.7 Å². The number of nitrogens with one attached hydrogen (secondary N) is 1. The number of anilines is 1. The molecule has 7 nitrogen and oxygen atoms in total. The number of nitrogens with zero attached hydrogens (tertiary/aromatic N) is 2. The fraction of sp³-hybridized carbons (Fsp3) is 0.212. The quantitative estimate of drug-likeness (QED) is 0.232. The number of sulfonamides is 1. The van der Waals surface area contributed by atoms with Gasteiger partial charge in [0.05, 0.1) is 10.6 Å². The first-order valence-corrected chi connectivity index (χ1v) is 15.5. The maximum atomic E-state index is 14.4. The van der Waals surface area contributed by atoms with Crippen LogP contribution in [0.5, 0.6) is 0 Å². The van der Waals surface area contributed by atoms with Crippen LogP contribution in [0.3, 0.4) is 0 Å². The molecule has 4 aromatic rings. The lowest BCUT2D eigenvalue weighted by Crippen LogP contribution is -2.53. The number of benzene rings is 4. The largest absolute Gasteiger partial charge is 0.357 e. The Bertz CT molecular complexity index is 1610. The van der Waals surface area contributed by atoms with Crippen LogP contribution in [0.1, 0.15) is 23.6 Å². The van der Waals surface area contributed by atoms with Gasteiger partial charge in [0.25, 0.3) is 10.0 Å². The average Bonchev–Trinajstić information content (AvgIpc) is 3.02. The van der Waals surface area contributed by atoms with Crippen LogP contribution in [0.15, 0.2) is 114 Å². The highest BCUT2D eigenvalue weighted by atomic mass is 35.5. The lowest BCUT2D eigenvalue weighted by Gasteiger charge is -2.34. The molecule has 2 amide bonds. The molecule has 1 atom stereocenters. The monoisotopic (exact) mass is 603 g/mol. The summed E-state index contributed by atoms with van der Waals surface area (Å²) in [6.45, 7) is 1.48. The third-order valence-electron chi connectivity index (χ3n) is 7.01. The minimum absolute atomic E-state index is 0.0545. The number of carbonyl (C=O) groups excluding carboxylic acids is 2. The van der Waals surface area contributed by atoms with Crippen molar-refractivity contribution >= 4 is 39.1 Å². The Morgan fingerprint density at radius 3 is 2.10 bits per heavy atom. The molecule has 9 heteroatoms. The second-order valence-electron chi connectivity index (χ2n) is 9.78. The zero-order chi connectivity index (χ0) is 30.1. The topological polar surface area (TPSA) is 86.8 Å². The molecule has 0 bridgehead atoms. The van der Waals surface area contributed by atoms with Crippen LogP contribution >= 0.6 is 11.6 Å². The van der Waals surface area contributed by atoms with Gasteiger partial charge in [0.2, 0.25) is 11.8 Å². The van der Waals surface area contributed by atoms with Crippen LogP contribution in [0.4, 0.5) is 5.69 Å². The summed E-state index contributed by atoms with van der Waals surface area (Å²) in [5.41, 5.74) is 2.77. The summed E-state index contributed by atoms with van der Waals surface area (Å²) in [6, 6.07) is 30.7. The fourth-order valence-electron chi connectivity index (χ4n) is 4.84. The molecule has 0 saturated heterocycles. The van der Waals surface area contributed by atoms with Crippen molar-refractivity contribution in [2.45, 2.75) is 37.2 Å². The van der Waals surface area contributed by atoms with E-state index >= 15 is 0 Å². The van der Waals surface area contributed by atoms with Crippen molar-refractivity contribution in [3.63, 3.8) is 0 Å². The Hall–Kier alpha value is -4.14. The predicted octanol–water partition coefficient (Wildman–Crippen LogP) is 5.48. The maximum Gasteiger partial charge on any atom is 0.264 e. The van der Waals surface area contributed by atoms with Gasteiger partial charge in [-0.1, -0.05) is 97.4 Å². The van der Waals surface area contributed by atoms with Crippen molar-refractivity contribution < 1.29 is 18.0 Å². The third-order valence-corrected chi connectivity index (χ3v) is 9.02. The van der Waals surface area contributed by atoms with Gasteiger partial charge in [0.1, 0.15) is 12.6 Å². The van der Waals surface area contributed by atoms with Crippen molar-refractivity contribution in [1.82, 2.24) is 10.2 Å². The number of halogens is 1. The number of hydrogen-bond donors (Lipinski definition) is 1. The van der Waals surface area contributed by atoms with Crippen molar-refractivity contribution in [3.8, 4) is 0 Å². The van der Waals surface area contributed by atoms with E-state index in [1.165, 1.54) is 24.1 Å². The number of para-hydroxylation sites is 1. The minimum Gasteiger partial charge on any atom is -0.357 e. The molecule has 4 rings (SSSR count). The van der Waals surface area contributed by atoms with Crippen LogP contribution in [0.2, 0.25) is 5.02 Å². The molecule has 42 heavy (non-hydrogen) atoms. The molecule has 1 N–H and O–H groups in total. The number of hydrogen-bond acceptors (Lipinski definition) is 4. The average molecular weight is 604 g/mol. The number of amides is 2. The summed E-state index contributed by atoms with van der Waals surface area (Å²) in [5, 5.41) is 3.18. The van der Waals surface area contributed by atoms with Crippen molar-refractivity contribution in [2.24, 2.45) is 0 Å². The molecule has 4 aromatic carbocycles. The summed E-state index contributed by atoms with van der Waals surface area (Å²) in [6.07, 6.45) is 0.802. The van der Waals surface area contributed by atoms with E-state index in [-0.39, 0.29) is 23.8 Å². The molecule has 0 aliphatic heterocycles. The van der Waals surface area contributed by atoms with Crippen molar-refractivity contribution in [3.05, 3.63) is 131 Å². The molecule has 0 aromatic heterocycles. The first-order chi connectivity index (χ1) is 20.2. The number of aryl methyl sites for hydroxylation is 1. The standard InChI is InChI=1S/C33H34ClN3O4S/c1-3-27-16-10-11-20-30(27)37(42(40,41)29-18-8-5-9-19-29)24-32(38)36(23-26-15-12-17-28(34)21-26)31(33(39)35-2)22-25-13-6-4-7-14-25/h4-21,31H,3,22-24H2,1-2H3,(H,35,39). The number of likely N-dealkylation sites (N-methyl/N-ethyl adjacent to an activating group) is 1. The van der Waals surface area contributed by atoms with Gasteiger partial charge in [-0.25, -0.2) is 8.42 Å². The van der Waals surface area contributed by atoms with Crippen LogP contribution in [-0.4, -0.2) is 44.8 Å². The second kappa shape index (κ2) is 14.2. The Balaban J connectivity index is 1.81. The predicted molar refractivity (Wildman–Crippen MR) is 167 cm³/mol. The van der Waals surface area contributed by atoms with Gasteiger partial charge in [0.15, 0.2) is 0 Å². The van der Waals surface area contributed by atoms with Crippen molar-refractivity contribution in [1.29, 1.82) is 0 Å². The van der Waals surface area contributed by atoms with E-state index in [0.717, 1.165) is 15.4 Å². The molecule has 0 spiro atoms. The highest BCUT2D eigenvalue weighted by molar-refractivity contribution is 7.92. The van der Waals surface area contributed by atoms with E-state index in [1.807, 2.05) is 55.5 Å². The smallest absolute Gasteiger partial charge is 0.264 e. The molecule has 0 fully saturated rings. The summed E-state index contributed by atoms with van der Waals surface area (Å²) in [4.78, 5) is 29.2. The zero-order valence-electron chi connectivity index (χ0n) is 23.6. The molecular weight excluding hydrogens is 570 g/mol. The van der Waals surface area contributed by atoms with Crippen LogP contribution < -0.4 is 9.62 Å². The number of carbonyl (C=O) groups is 2. The SMILES string of the molecule is CCc1ccccc1N(CC(=O)N(Cc1cccc(Cl)c1)C(Cc1ccccc1)C(=O)NC)S(=O)(=O)c1ccccc1. The van der Waals surface area contributed by atoms with Crippen LogP contribution in [-0.2, 0) is 39.0 Å². The van der Waals surface area contributed by atoms with Gasteiger partial charge in [-0.05, 0) is 53.4 Å². The fourth-order valence-corrected chi connectivity index (χ4v) is 6.52. The first-order valence-electron chi connectivity index (χ1n) is 13.7. The molecule has 0 heterocycles. The van der Waals surface area contributed by atoms with Gasteiger partial charge < -0.3 is 10.2 Å². The summed E-state index contributed by atoms with van der Waals surface area (Å²) >= 11 is 6.26. The molecule has 1 unspecified atom stereocenters. The first kappa shape index (κ1) is 30.8. The normalized spacial score (nSPS) is 11.9. The van der Waals surface area contributed by atoms with E-state index in [4.69, 9.17) is 11.6 Å². The highest BCUT2D eigenvalue weighted by Crippen LogP contribution is 2.28. The molecule has 0 radical (unpaired) electrons. The lowest BCUT2D eigenvalue weighted by atomic mass is 10.0. The lowest BCUT2D eigenvalue weighted by molar-refractivity contribution is -0.139. The molecule has 218 valence electrons. The molecule has 0 aliphatic rings. The zero-order valence-corrected chi connectivity index (χ0v) is 25.2. The van der Waals surface area contributed by atoms with E-state index < -0.39 is 28.5 Å². The van der Waals surface area contributed by atoms with E-state index in [1.54, 1.807) is 48.5 Å². The highest BCUT2D eigenvalue weighted by Gasteiger charge is 2.34. The van der Waals surface area contributed by atoms with Gasteiger partial charge in [-0.15, -0.1) is 0 Å². The Labute approximate surface area is 252 Å². The molecular formula is C33H34ClN3O4S. The van der Waals surface area contributed by atoms with Crippen LogP contribution in [0.25, 0.3) is 0 Å². The van der Waals surface area contributed by atoms with Crippen LogP contribution in [0, 0.1) is 0 Å². The molecule has 0 aliphatic carbocycles. The van der Waals surface area contributed by atoms with Gasteiger partial charge >= 0.3 is 0 Å². The minimum atomic E-state index is -4.14. The maximum absolute atomic E-state index is 14.4. The summed E-state index contributed by atoms with van der Waals surface area (Å²) < 4.78 is 29.3. The Kier molecular flexibility index (Phi) is 10.4. The van der Waals surface area contributed by atoms with Gasteiger partial charge in [-0.3, -0.25) is 13.9 Å². The third kappa shape index (κ3) is 7.38. The van der Waals surface area contributed by atoms with E-state index in [9.17, 15) is 18.0 Å². The number of rotatable bonds is 12. The summed E-state index contributed by atoms with van der Waals surface area (Å²) in [7, 11) is -2.62. The Morgan fingerprint density at radius 2 is 1.45 bits per heavy atom. The Morgan fingerprint density at radius 1 is 0.833 bits per heavy atom. The summed E-state index contributed by atoms with van der Waals surface area (Å²) in [5.74, 6) is -0.884.